The fourth-order valence-corrected chi connectivity index (χ4v) is 2.66. The number of nitrogens with zero attached hydrogens (tertiary/aromatic N) is 1. The summed E-state index contributed by atoms with van der Waals surface area (Å²) in [4.78, 5) is 14.7. The standard InChI is InChI=1S/C13H22N4OS/c1-17(2)7-3-6-15-11-8-10(14)12(19-11)13(18)16-9-4-5-9/h8-9,15H,3-7,14H2,1-2H3,(H,16,18). The van der Waals surface area contributed by atoms with Gasteiger partial charge in [-0.05, 0) is 46.0 Å². The summed E-state index contributed by atoms with van der Waals surface area (Å²) in [6.07, 6.45) is 3.24. The van der Waals surface area contributed by atoms with E-state index in [1.807, 2.05) is 6.07 Å². The minimum atomic E-state index is -0.0358. The molecule has 2 rings (SSSR count). The molecule has 0 radical (unpaired) electrons. The van der Waals surface area contributed by atoms with Crippen LogP contribution < -0.4 is 16.4 Å². The number of hydrogen-bond acceptors (Lipinski definition) is 5. The summed E-state index contributed by atoms with van der Waals surface area (Å²) in [6, 6.07) is 2.22. The Hall–Kier alpha value is -1.27. The van der Waals surface area contributed by atoms with Gasteiger partial charge in [0.15, 0.2) is 0 Å². The van der Waals surface area contributed by atoms with Crippen LogP contribution in [-0.2, 0) is 0 Å². The highest BCUT2D eigenvalue weighted by Crippen LogP contribution is 2.30. The lowest BCUT2D eigenvalue weighted by molar-refractivity contribution is 0.0956. The number of hydrogen-bond donors (Lipinski definition) is 3. The van der Waals surface area contributed by atoms with Crippen LogP contribution in [0.1, 0.15) is 28.9 Å². The molecule has 1 fully saturated rings. The van der Waals surface area contributed by atoms with Crippen molar-refractivity contribution in [3.63, 3.8) is 0 Å². The number of amides is 1. The lowest BCUT2D eigenvalue weighted by atomic mass is 10.3. The summed E-state index contributed by atoms with van der Waals surface area (Å²) in [5.74, 6) is -0.0358. The molecule has 106 valence electrons. The van der Waals surface area contributed by atoms with E-state index in [4.69, 9.17) is 5.73 Å². The van der Waals surface area contributed by atoms with Crippen molar-refractivity contribution in [3.8, 4) is 0 Å². The average molecular weight is 282 g/mol. The van der Waals surface area contributed by atoms with Gasteiger partial charge in [-0.25, -0.2) is 0 Å². The normalized spacial score (nSPS) is 14.7. The molecule has 1 aromatic heterocycles. The Kier molecular flexibility index (Phi) is 4.66. The van der Waals surface area contributed by atoms with Gasteiger partial charge < -0.3 is 21.3 Å². The Labute approximate surface area is 118 Å². The van der Waals surface area contributed by atoms with Gasteiger partial charge in [0.2, 0.25) is 0 Å². The van der Waals surface area contributed by atoms with E-state index in [1.165, 1.54) is 11.3 Å². The van der Waals surface area contributed by atoms with Crippen molar-refractivity contribution in [2.75, 3.05) is 38.2 Å². The predicted octanol–water partition coefficient (Wildman–Crippen LogP) is 1.59. The molecule has 1 aliphatic carbocycles. The zero-order valence-electron chi connectivity index (χ0n) is 11.5. The molecular weight excluding hydrogens is 260 g/mol. The van der Waals surface area contributed by atoms with Crippen LogP contribution in [0.4, 0.5) is 10.7 Å². The largest absolute Gasteiger partial charge is 0.397 e. The van der Waals surface area contributed by atoms with Gasteiger partial charge in [0.1, 0.15) is 4.88 Å². The van der Waals surface area contributed by atoms with Crippen LogP contribution in [0, 0.1) is 0 Å². The minimum absolute atomic E-state index is 0.0358. The number of carbonyl (C=O) groups excluding carboxylic acids is 1. The summed E-state index contributed by atoms with van der Waals surface area (Å²) in [5, 5.41) is 7.25. The van der Waals surface area contributed by atoms with E-state index in [9.17, 15) is 4.79 Å². The van der Waals surface area contributed by atoms with Crippen molar-refractivity contribution in [1.29, 1.82) is 0 Å². The summed E-state index contributed by atoms with van der Waals surface area (Å²) in [6.45, 7) is 1.94. The fourth-order valence-electron chi connectivity index (χ4n) is 1.76. The summed E-state index contributed by atoms with van der Waals surface area (Å²) < 4.78 is 0. The van der Waals surface area contributed by atoms with Crippen molar-refractivity contribution in [2.45, 2.75) is 25.3 Å². The second-order valence-electron chi connectivity index (χ2n) is 5.23. The van der Waals surface area contributed by atoms with Gasteiger partial charge in [-0.3, -0.25) is 4.79 Å². The number of rotatable bonds is 7. The molecule has 1 heterocycles. The van der Waals surface area contributed by atoms with Crippen LogP contribution in [0.3, 0.4) is 0 Å². The van der Waals surface area contributed by atoms with E-state index in [1.54, 1.807) is 0 Å². The number of nitrogen functional groups attached to an aromatic ring is 1. The van der Waals surface area contributed by atoms with Crippen LogP contribution in [0.25, 0.3) is 0 Å². The van der Waals surface area contributed by atoms with Gasteiger partial charge in [0.25, 0.3) is 5.91 Å². The first kappa shape index (κ1) is 14.1. The Bertz CT molecular complexity index is 440. The quantitative estimate of drug-likeness (QED) is 0.664. The number of carbonyl (C=O) groups is 1. The number of nitrogens with two attached hydrogens (primary N) is 1. The molecular formula is C13H22N4OS. The van der Waals surface area contributed by atoms with Crippen LogP contribution in [-0.4, -0.2) is 44.0 Å². The van der Waals surface area contributed by atoms with Gasteiger partial charge >= 0.3 is 0 Å². The second-order valence-corrected chi connectivity index (χ2v) is 6.28. The SMILES string of the molecule is CN(C)CCCNc1cc(N)c(C(=O)NC2CC2)s1. The molecule has 0 bridgehead atoms. The summed E-state index contributed by atoms with van der Waals surface area (Å²) in [5.41, 5.74) is 6.46. The van der Waals surface area contributed by atoms with Gasteiger partial charge in [0, 0.05) is 12.6 Å². The molecule has 1 aliphatic rings. The van der Waals surface area contributed by atoms with Crippen molar-refractivity contribution >= 4 is 27.9 Å². The van der Waals surface area contributed by atoms with Crippen LogP contribution in [0.5, 0.6) is 0 Å². The van der Waals surface area contributed by atoms with Crippen LogP contribution in [0.2, 0.25) is 0 Å². The van der Waals surface area contributed by atoms with E-state index in [-0.39, 0.29) is 5.91 Å². The van der Waals surface area contributed by atoms with Gasteiger partial charge in [-0.15, -0.1) is 11.3 Å². The third-order valence-corrected chi connectivity index (χ3v) is 4.07. The van der Waals surface area contributed by atoms with Gasteiger partial charge in [0.05, 0.1) is 10.7 Å². The highest BCUT2D eigenvalue weighted by Gasteiger charge is 2.25. The van der Waals surface area contributed by atoms with Gasteiger partial charge in [-0.2, -0.15) is 0 Å². The first-order valence-corrected chi connectivity index (χ1v) is 7.46. The predicted molar refractivity (Wildman–Crippen MR) is 80.9 cm³/mol. The molecule has 0 aliphatic heterocycles. The topological polar surface area (TPSA) is 70.4 Å². The molecule has 4 N–H and O–H groups in total. The molecule has 0 unspecified atom stereocenters. The number of thiophene rings is 1. The smallest absolute Gasteiger partial charge is 0.263 e. The Morgan fingerprint density at radius 1 is 1.53 bits per heavy atom. The maximum absolute atomic E-state index is 11.9. The average Bonchev–Trinajstić information content (AvgIpc) is 3.06. The van der Waals surface area contributed by atoms with E-state index < -0.39 is 0 Å². The van der Waals surface area contributed by atoms with E-state index in [2.05, 4.69) is 29.6 Å². The first-order valence-electron chi connectivity index (χ1n) is 6.65. The van der Waals surface area contributed by atoms with Crippen molar-refractivity contribution in [3.05, 3.63) is 10.9 Å². The molecule has 5 nitrogen and oxygen atoms in total. The Balaban J connectivity index is 1.83. The molecule has 1 saturated carbocycles. The van der Waals surface area contributed by atoms with Crippen molar-refractivity contribution in [2.24, 2.45) is 0 Å². The molecule has 19 heavy (non-hydrogen) atoms. The van der Waals surface area contributed by atoms with E-state index >= 15 is 0 Å². The molecule has 0 aromatic carbocycles. The third kappa shape index (κ3) is 4.40. The minimum Gasteiger partial charge on any atom is -0.397 e. The summed E-state index contributed by atoms with van der Waals surface area (Å²) in [7, 11) is 4.12. The lowest BCUT2D eigenvalue weighted by Gasteiger charge is -2.09. The molecule has 0 spiro atoms. The monoisotopic (exact) mass is 282 g/mol. The third-order valence-electron chi connectivity index (χ3n) is 2.96. The molecule has 0 atom stereocenters. The first-order chi connectivity index (χ1) is 9.06. The molecule has 0 saturated heterocycles. The number of nitrogens with one attached hydrogen (secondary N) is 2. The van der Waals surface area contributed by atoms with Crippen LogP contribution in [0.15, 0.2) is 6.07 Å². The zero-order valence-corrected chi connectivity index (χ0v) is 12.3. The maximum Gasteiger partial charge on any atom is 0.263 e. The van der Waals surface area contributed by atoms with E-state index in [0.717, 1.165) is 37.4 Å². The van der Waals surface area contributed by atoms with E-state index in [0.29, 0.717) is 16.6 Å². The molecule has 1 amide bonds. The molecule has 1 aromatic rings. The van der Waals surface area contributed by atoms with Crippen molar-refractivity contribution in [1.82, 2.24) is 10.2 Å². The van der Waals surface area contributed by atoms with Crippen molar-refractivity contribution < 1.29 is 4.79 Å². The van der Waals surface area contributed by atoms with Gasteiger partial charge in [-0.1, -0.05) is 0 Å². The number of anilines is 2. The summed E-state index contributed by atoms with van der Waals surface area (Å²) >= 11 is 1.43. The zero-order chi connectivity index (χ0) is 13.8. The highest BCUT2D eigenvalue weighted by molar-refractivity contribution is 7.18. The lowest BCUT2D eigenvalue weighted by Crippen LogP contribution is -2.25. The molecule has 6 heteroatoms. The maximum atomic E-state index is 11.9. The van der Waals surface area contributed by atoms with Crippen LogP contribution >= 0.6 is 11.3 Å². The Morgan fingerprint density at radius 3 is 2.89 bits per heavy atom. The Morgan fingerprint density at radius 2 is 2.26 bits per heavy atom. The second kappa shape index (κ2) is 6.25. The highest BCUT2D eigenvalue weighted by atomic mass is 32.1. The fraction of sp³-hybridized carbons (Fsp3) is 0.615.